The lowest BCUT2D eigenvalue weighted by Gasteiger charge is -2.07. The predicted molar refractivity (Wildman–Crippen MR) is 76.6 cm³/mol. The number of carbonyl (C=O) groups is 1. The lowest BCUT2D eigenvalue weighted by Crippen LogP contribution is -2.23. The molecule has 0 aliphatic carbocycles. The van der Waals surface area contributed by atoms with Crippen LogP contribution in [-0.2, 0) is 6.54 Å². The van der Waals surface area contributed by atoms with Gasteiger partial charge < -0.3 is 11.1 Å². The second-order valence-electron chi connectivity index (χ2n) is 3.77. The Morgan fingerprint density at radius 3 is 3.00 bits per heavy atom. The van der Waals surface area contributed by atoms with Gasteiger partial charge in [0, 0.05) is 16.8 Å². The maximum absolute atomic E-state index is 12.0. The molecule has 0 atom stereocenters. The molecule has 1 aromatic carbocycles. The Labute approximate surface area is 117 Å². The number of rotatable bonds is 3. The summed E-state index contributed by atoms with van der Waals surface area (Å²) in [7, 11) is 0. The molecule has 0 unspecified atom stereocenters. The van der Waals surface area contributed by atoms with Gasteiger partial charge in [-0.3, -0.25) is 4.79 Å². The van der Waals surface area contributed by atoms with Gasteiger partial charge in [-0.25, -0.2) is 4.98 Å². The lowest BCUT2D eigenvalue weighted by molar-refractivity contribution is 0.0950. The molecule has 6 heteroatoms. The average molecular weight is 326 g/mol. The molecule has 0 radical (unpaired) electrons. The van der Waals surface area contributed by atoms with E-state index in [1.54, 1.807) is 18.2 Å². The van der Waals surface area contributed by atoms with E-state index in [4.69, 9.17) is 5.73 Å². The highest BCUT2D eigenvalue weighted by Crippen LogP contribution is 2.23. The van der Waals surface area contributed by atoms with Crippen molar-refractivity contribution in [3.63, 3.8) is 0 Å². The molecule has 0 saturated heterocycles. The number of nitrogens with one attached hydrogen (secondary N) is 1. The Morgan fingerprint density at radius 1 is 1.56 bits per heavy atom. The van der Waals surface area contributed by atoms with Gasteiger partial charge in [0.2, 0.25) is 0 Å². The van der Waals surface area contributed by atoms with E-state index in [1.807, 2.05) is 12.3 Å². The number of anilines is 1. The quantitative estimate of drug-likeness (QED) is 0.852. The normalized spacial score (nSPS) is 10.3. The number of nitrogens with two attached hydrogens (primary N) is 1. The lowest BCUT2D eigenvalue weighted by atomic mass is 10.2. The molecule has 1 amide bonds. The maximum atomic E-state index is 12.0. The number of hydrogen-bond donors (Lipinski definition) is 2. The van der Waals surface area contributed by atoms with Crippen LogP contribution in [-0.4, -0.2) is 10.9 Å². The van der Waals surface area contributed by atoms with Gasteiger partial charge in [0.05, 0.1) is 16.6 Å². The number of hydrogen-bond acceptors (Lipinski definition) is 4. The van der Waals surface area contributed by atoms with Gasteiger partial charge in [-0.05, 0) is 35.0 Å². The standard InChI is InChI=1S/C12H12BrN3OS/c1-7-6-18-10(16-7)5-15-12(17)8-3-2-4-9(14)11(8)13/h2-4,6H,5,14H2,1H3,(H,15,17). The first-order valence-corrected chi connectivity index (χ1v) is 6.98. The van der Waals surface area contributed by atoms with E-state index in [9.17, 15) is 4.79 Å². The van der Waals surface area contributed by atoms with Gasteiger partial charge in [0.25, 0.3) is 5.91 Å². The molecule has 1 heterocycles. The summed E-state index contributed by atoms with van der Waals surface area (Å²) in [5.41, 5.74) is 7.78. The largest absolute Gasteiger partial charge is 0.398 e. The number of halogens is 1. The Kier molecular flexibility index (Phi) is 3.98. The van der Waals surface area contributed by atoms with Crippen LogP contribution in [0.3, 0.4) is 0 Å². The van der Waals surface area contributed by atoms with Crippen molar-refractivity contribution in [1.82, 2.24) is 10.3 Å². The van der Waals surface area contributed by atoms with Crippen molar-refractivity contribution in [2.24, 2.45) is 0 Å². The SMILES string of the molecule is Cc1csc(CNC(=O)c2cccc(N)c2Br)n1. The van der Waals surface area contributed by atoms with E-state index < -0.39 is 0 Å². The highest BCUT2D eigenvalue weighted by atomic mass is 79.9. The number of thiazole rings is 1. The minimum Gasteiger partial charge on any atom is -0.398 e. The summed E-state index contributed by atoms with van der Waals surface area (Å²) in [5, 5.41) is 5.67. The number of amides is 1. The molecular formula is C12H12BrN3OS. The number of nitrogen functional groups attached to an aromatic ring is 1. The average Bonchev–Trinajstić information content (AvgIpc) is 2.76. The first-order chi connectivity index (χ1) is 8.58. The monoisotopic (exact) mass is 325 g/mol. The van der Waals surface area contributed by atoms with E-state index in [-0.39, 0.29) is 5.91 Å². The fourth-order valence-electron chi connectivity index (χ4n) is 1.46. The molecule has 2 rings (SSSR count). The molecule has 1 aromatic heterocycles. The summed E-state index contributed by atoms with van der Waals surface area (Å²) in [4.78, 5) is 16.3. The number of nitrogens with zero attached hydrogens (tertiary/aromatic N) is 1. The summed E-state index contributed by atoms with van der Waals surface area (Å²) in [6.07, 6.45) is 0. The van der Waals surface area contributed by atoms with Crippen LogP contribution in [0.4, 0.5) is 5.69 Å². The van der Waals surface area contributed by atoms with Crippen LogP contribution in [0.1, 0.15) is 21.1 Å². The van der Waals surface area contributed by atoms with Crippen LogP contribution >= 0.6 is 27.3 Å². The first kappa shape index (κ1) is 13.0. The van der Waals surface area contributed by atoms with Crippen LogP contribution in [0, 0.1) is 6.92 Å². The number of aryl methyl sites for hydroxylation is 1. The summed E-state index contributed by atoms with van der Waals surface area (Å²) in [6.45, 7) is 2.36. The molecule has 0 saturated carbocycles. The van der Waals surface area contributed by atoms with Gasteiger partial charge in [0.15, 0.2) is 0 Å². The molecule has 0 spiro atoms. The zero-order chi connectivity index (χ0) is 13.1. The van der Waals surface area contributed by atoms with Crippen molar-refractivity contribution in [3.8, 4) is 0 Å². The van der Waals surface area contributed by atoms with Crippen molar-refractivity contribution < 1.29 is 4.79 Å². The van der Waals surface area contributed by atoms with Crippen molar-refractivity contribution in [1.29, 1.82) is 0 Å². The Balaban J connectivity index is 2.06. The molecule has 0 bridgehead atoms. The Morgan fingerprint density at radius 2 is 2.33 bits per heavy atom. The second-order valence-corrected chi connectivity index (χ2v) is 5.51. The summed E-state index contributed by atoms with van der Waals surface area (Å²) < 4.78 is 0.623. The molecule has 3 N–H and O–H groups in total. The van der Waals surface area contributed by atoms with Gasteiger partial charge in [-0.2, -0.15) is 0 Å². The smallest absolute Gasteiger partial charge is 0.252 e. The van der Waals surface area contributed by atoms with Crippen molar-refractivity contribution in [3.05, 3.63) is 44.3 Å². The van der Waals surface area contributed by atoms with Crippen LogP contribution in [0.5, 0.6) is 0 Å². The molecule has 0 aliphatic rings. The van der Waals surface area contributed by atoms with E-state index in [1.165, 1.54) is 11.3 Å². The summed E-state index contributed by atoms with van der Waals surface area (Å²) in [6, 6.07) is 5.22. The Hall–Kier alpha value is -1.40. The van der Waals surface area contributed by atoms with Crippen LogP contribution in [0.15, 0.2) is 28.1 Å². The van der Waals surface area contributed by atoms with Crippen LogP contribution < -0.4 is 11.1 Å². The minimum absolute atomic E-state index is 0.165. The summed E-state index contributed by atoms with van der Waals surface area (Å²) in [5.74, 6) is -0.165. The van der Waals surface area contributed by atoms with Gasteiger partial charge in [-0.15, -0.1) is 11.3 Å². The third kappa shape index (κ3) is 2.88. The third-order valence-electron chi connectivity index (χ3n) is 2.34. The third-order valence-corrected chi connectivity index (χ3v) is 4.19. The number of carbonyl (C=O) groups excluding carboxylic acids is 1. The highest BCUT2D eigenvalue weighted by Gasteiger charge is 2.11. The van der Waals surface area contributed by atoms with Gasteiger partial charge in [0.1, 0.15) is 5.01 Å². The molecule has 4 nitrogen and oxygen atoms in total. The van der Waals surface area contributed by atoms with Crippen molar-refractivity contribution >= 4 is 38.9 Å². The summed E-state index contributed by atoms with van der Waals surface area (Å²) >= 11 is 4.84. The Bertz CT molecular complexity index is 582. The van der Waals surface area contributed by atoms with Crippen molar-refractivity contribution in [2.75, 3.05) is 5.73 Å². The van der Waals surface area contributed by atoms with Crippen molar-refractivity contribution in [2.45, 2.75) is 13.5 Å². The zero-order valence-corrected chi connectivity index (χ0v) is 12.1. The molecule has 18 heavy (non-hydrogen) atoms. The molecular weight excluding hydrogens is 314 g/mol. The number of aromatic nitrogens is 1. The van der Waals surface area contributed by atoms with Gasteiger partial charge in [-0.1, -0.05) is 6.07 Å². The predicted octanol–water partition coefficient (Wildman–Crippen LogP) is 2.73. The highest BCUT2D eigenvalue weighted by molar-refractivity contribution is 9.10. The fraction of sp³-hybridized carbons (Fsp3) is 0.167. The van der Waals surface area contributed by atoms with E-state index >= 15 is 0 Å². The van der Waals surface area contributed by atoms with E-state index in [2.05, 4.69) is 26.2 Å². The molecule has 0 fully saturated rings. The fourth-order valence-corrected chi connectivity index (χ4v) is 2.62. The maximum Gasteiger partial charge on any atom is 0.252 e. The first-order valence-electron chi connectivity index (χ1n) is 5.31. The second kappa shape index (κ2) is 5.49. The molecule has 94 valence electrons. The van der Waals surface area contributed by atoms with E-state index in [0.29, 0.717) is 22.3 Å². The topological polar surface area (TPSA) is 68.0 Å². The zero-order valence-electron chi connectivity index (χ0n) is 9.74. The van der Waals surface area contributed by atoms with Crippen LogP contribution in [0.25, 0.3) is 0 Å². The van der Waals surface area contributed by atoms with Crippen LogP contribution in [0.2, 0.25) is 0 Å². The molecule has 0 aliphatic heterocycles. The number of benzene rings is 1. The molecule has 2 aromatic rings. The minimum atomic E-state index is -0.165. The van der Waals surface area contributed by atoms with Gasteiger partial charge >= 0.3 is 0 Å². The van der Waals surface area contributed by atoms with E-state index in [0.717, 1.165) is 10.7 Å².